The van der Waals surface area contributed by atoms with Crippen molar-refractivity contribution in [2.45, 2.75) is 12.5 Å². The van der Waals surface area contributed by atoms with Crippen molar-refractivity contribution >= 4 is 52.0 Å². The third-order valence-electron chi connectivity index (χ3n) is 2.30. The first kappa shape index (κ1) is 16.1. The summed E-state index contributed by atoms with van der Waals surface area (Å²) in [5.41, 5.74) is 0.637. The average Bonchev–Trinajstić information content (AvgIpc) is 2.34. The summed E-state index contributed by atoms with van der Waals surface area (Å²) in [4.78, 5) is 22.7. The zero-order valence-corrected chi connectivity index (χ0v) is 13.3. The molecule has 0 radical (unpaired) electrons. The third-order valence-corrected chi connectivity index (χ3v) is 3.61. The van der Waals surface area contributed by atoms with Crippen LogP contribution in [0.1, 0.15) is 6.42 Å². The average molecular weight is 394 g/mol. The van der Waals surface area contributed by atoms with E-state index in [1.165, 1.54) is 0 Å². The van der Waals surface area contributed by atoms with Crippen LogP contribution in [0.5, 0.6) is 0 Å². The molecule has 0 fully saturated rings. The Morgan fingerprint density at radius 1 is 1.47 bits per heavy atom. The number of carboxylic acids is 1. The summed E-state index contributed by atoms with van der Waals surface area (Å²) in [5.74, 6) is -0.340. The van der Waals surface area contributed by atoms with E-state index in [4.69, 9.17) is 5.11 Å². The van der Waals surface area contributed by atoms with Crippen LogP contribution < -0.4 is 10.6 Å². The van der Waals surface area contributed by atoms with E-state index in [0.29, 0.717) is 17.9 Å². The lowest BCUT2D eigenvalue weighted by atomic mass is 10.2. The zero-order chi connectivity index (χ0) is 14.3. The number of hydrogen-bond donors (Lipinski definition) is 3. The lowest BCUT2D eigenvalue weighted by Gasteiger charge is -2.14. The molecule has 1 aromatic carbocycles. The molecule has 0 bridgehead atoms. The highest BCUT2D eigenvalue weighted by Crippen LogP contribution is 2.12. The van der Waals surface area contributed by atoms with Gasteiger partial charge in [0.05, 0.1) is 0 Å². The minimum atomic E-state index is -1.02. The molecule has 1 aromatic rings. The molecule has 1 atom stereocenters. The van der Waals surface area contributed by atoms with Crippen LogP contribution in [0, 0.1) is 3.57 Å². The summed E-state index contributed by atoms with van der Waals surface area (Å²) in [5, 5.41) is 14.1. The summed E-state index contributed by atoms with van der Waals surface area (Å²) < 4.78 is 0.993. The van der Waals surface area contributed by atoms with Crippen LogP contribution in [0.25, 0.3) is 0 Å². The van der Waals surface area contributed by atoms with Crippen molar-refractivity contribution in [1.82, 2.24) is 5.32 Å². The van der Waals surface area contributed by atoms with E-state index in [1.54, 1.807) is 23.9 Å². The number of carbonyl (C=O) groups is 2. The van der Waals surface area contributed by atoms with Crippen molar-refractivity contribution < 1.29 is 14.7 Å². The highest BCUT2D eigenvalue weighted by molar-refractivity contribution is 14.1. The monoisotopic (exact) mass is 394 g/mol. The number of aliphatic carboxylic acids is 1. The van der Waals surface area contributed by atoms with Crippen LogP contribution in [0.3, 0.4) is 0 Å². The molecule has 0 saturated carbocycles. The summed E-state index contributed by atoms with van der Waals surface area (Å²) >= 11 is 3.68. The van der Waals surface area contributed by atoms with Crippen molar-refractivity contribution in [3.63, 3.8) is 0 Å². The van der Waals surface area contributed by atoms with Crippen LogP contribution >= 0.6 is 34.4 Å². The van der Waals surface area contributed by atoms with Crippen molar-refractivity contribution in [2.24, 2.45) is 0 Å². The number of carbonyl (C=O) groups excluding carboxylic acids is 1. The molecule has 0 aliphatic heterocycles. The molecule has 3 N–H and O–H groups in total. The zero-order valence-electron chi connectivity index (χ0n) is 10.4. The maximum absolute atomic E-state index is 11.7. The van der Waals surface area contributed by atoms with Crippen molar-refractivity contribution in [2.75, 3.05) is 17.3 Å². The molecule has 2 amide bonds. The number of benzene rings is 1. The second-order valence-corrected chi connectivity index (χ2v) is 6.01. The Kier molecular flexibility index (Phi) is 7.00. The number of carboxylic acid groups (broad SMARTS) is 1. The summed E-state index contributed by atoms with van der Waals surface area (Å²) in [6, 6.07) is 5.91. The van der Waals surface area contributed by atoms with Crippen LogP contribution in [0.15, 0.2) is 24.3 Å². The van der Waals surface area contributed by atoms with Gasteiger partial charge < -0.3 is 15.7 Å². The van der Waals surface area contributed by atoms with E-state index in [1.807, 2.05) is 18.4 Å². The highest BCUT2D eigenvalue weighted by atomic mass is 127. The van der Waals surface area contributed by atoms with Gasteiger partial charge in [-0.2, -0.15) is 11.8 Å². The number of anilines is 1. The molecule has 1 rings (SSSR count). The molecule has 7 heteroatoms. The van der Waals surface area contributed by atoms with E-state index in [-0.39, 0.29) is 0 Å². The molecule has 0 saturated heterocycles. The predicted molar refractivity (Wildman–Crippen MR) is 85.7 cm³/mol. The Balaban J connectivity index is 2.55. The highest BCUT2D eigenvalue weighted by Gasteiger charge is 2.19. The van der Waals surface area contributed by atoms with Gasteiger partial charge in [-0.15, -0.1) is 0 Å². The minimum absolute atomic E-state index is 0.399. The summed E-state index contributed by atoms with van der Waals surface area (Å²) in [7, 11) is 0. The molecule has 0 unspecified atom stereocenters. The first-order valence-corrected chi connectivity index (χ1v) is 8.05. The fourth-order valence-electron chi connectivity index (χ4n) is 1.38. The van der Waals surface area contributed by atoms with Crippen molar-refractivity contribution in [3.8, 4) is 0 Å². The fourth-order valence-corrected chi connectivity index (χ4v) is 2.40. The Bertz CT molecular complexity index is 456. The van der Waals surface area contributed by atoms with Gasteiger partial charge in [-0.1, -0.05) is 6.07 Å². The quantitative estimate of drug-likeness (QED) is 0.649. The van der Waals surface area contributed by atoms with E-state index in [0.717, 1.165) is 3.57 Å². The van der Waals surface area contributed by atoms with Gasteiger partial charge in [0.2, 0.25) is 0 Å². The van der Waals surface area contributed by atoms with Crippen LogP contribution in [0.4, 0.5) is 10.5 Å². The van der Waals surface area contributed by atoms with E-state index >= 15 is 0 Å². The van der Waals surface area contributed by atoms with Gasteiger partial charge >= 0.3 is 12.0 Å². The van der Waals surface area contributed by atoms with Gasteiger partial charge in [0.25, 0.3) is 0 Å². The molecule has 0 spiro atoms. The first-order chi connectivity index (χ1) is 9.02. The van der Waals surface area contributed by atoms with E-state index in [2.05, 4.69) is 33.2 Å². The second kappa shape index (κ2) is 8.26. The van der Waals surface area contributed by atoms with E-state index in [9.17, 15) is 9.59 Å². The van der Waals surface area contributed by atoms with Gasteiger partial charge in [0.15, 0.2) is 0 Å². The number of nitrogens with one attached hydrogen (secondary N) is 2. The lowest BCUT2D eigenvalue weighted by Crippen LogP contribution is -2.43. The molecular formula is C12H15IN2O3S. The number of thioether (sulfide) groups is 1. The minimum Gasteiger partial charge on any atom is -0.480 e. The summed E-state index contributed by atoms with van der Waals surface area (Å²) in [6.07, 6.45) is 2.29. The number of amides is 2. The van der Waals surface area contributed by atoms with Crippen LogP contribution in [-0.2, 0) is 4.79 Å². The third kappa shape index (κ3) is 6.15. The Morgan fingerprint density at radius 2 is 2.21 bits per heavy atom. The molecule has 19 heavy (non-hydrogen) atoms. The maximum atomic E-state index is 11.7. The van der Waals surface area contributed by atoms with Gasteiger partial charge in [0.1, 0.15) is 6.04 Å². The smallest absolute Gasteiger partial charge is 0.326 e. The van der Waals surface area contributed by atoms with Crippen LogP contribution in [-0.4, -0.2) is 35.2 Å². The van der Waals surface area contributed by atoms with E-state index < -0.39 is 18.0 Å². The van der Waals surface area contributed by atoms with Gasteiger partial charge in [-0.3, -0.25) is 0 Å². The topological polar surface area (TPSA) is 78.4 Å². The molecular weight excluding hydrogens is 379 g/mol. The fraction of sp³-hybridized carbons (Fsp3) is 0.333. The van der Waals surface area contributed by atoms with Gasteiger partial charge in [-0.05, 0) is 59.2 Å². The van der Waals surface area contributed by atoms with Crippen molar-refractivity contribution in [3.05, 3.63) is 27.8 Å². The van der Waals surface area contributed by atoms with Gasteiger partial charge in [-0.25, -0.2) is 9.59 Å². The largest absolute Gasteiger partial charge is 0.480 e. The molecule has 104 valence electrons. The van der Waals surface area contributed by atoms with Crippen molar-refractivity contribution in [1.29, 1.82) is 0 Å². The molecule has 0 aliphatic carbocycles. The Hall–Kier alpha value is -0.960. The standard InChI is InChI=1S/C12H15IN2O3S/c1-19-6-5-10(11(16)17)15-12(18)14-9-4-2-3-8(13)7-9/h2-4,7,10H,5-6H2,1H3,(H,16,17)(H2,14,15,18)/t10-/m0/s1. The lowest BCUT2D eigenvalue weighted by molar-refractivity contribution is -0.139. The molecule has 5 nitrogen and oxygen atoms in total. The Labute approximate surface area is 129 Å². The van der Waals surface area contributed by atoms with Gasteiger partial charge in [0, 0.05) is 9.26 Å². The number of urea groups is 1. The molecule has 0 aromatic heterocycles. The second-order valence-electron chi connectivity index (χ2n) is 3.78. The first-order valence-electron chi connectivity index (χ1n) is 5.57. The van der Waals surface area contributed by atoms with Crippen LogP contribution in [0.2, 0.25) is 0 Å². The number of hydrogen-bond acceptors (Lipinski definition) is 3. The SMILES string of the molecule is CSCC[C@H](NC(=O)Nc1cccc(I)c1)C(=O)O. The summed E-state index contributed by atoms with van der Waals surface area (Å²) in [6.45, 7) is 0. The molecule has 0 heterocycles. The Morgan fingerprint density at radius 3 is 2.79 bits per heavy atom. The number of rotatable bonds is 6. The predicted octanol–water partition coefficient (Wildman–Crippen LogP) is 2.62. The normalized spacial score (nSPS) is 11.7. The number of halogens is 1. The maximum Gasteiger partial charge on any atom is 0.326 e. The molecule has 0 aliphatic rings.